The molecule has 3 atom stereocenters. The van der Waals surface area contributed by atoms with E-state index in [2.05, 4.69) is 38.6 Å². The van der Waals surface area contributed by atoms with Crippen LogP contribution in [-0.2, 0) is 10.3 Å². The van der Waals surface area contributed by atoms with E-state index in [-0.39, 0.29) is 17.5 Å². The highest BCUT2D eigenvalue weighted by atomic mass is 19.1. The number of nitrogens with one attached hydrogen (secondary N) is 1. The van der Waals surface area contributed by atoms with Crippen LogP contribution in [0.2, 0.25) is 0 Å². The molecule has 39 heavy (non-hydrogen) atoms. The van der Waals surface area contributed by atoms with Crippen LogP contribution in [0.15, 0.2) is 97.1 Å². The smallest absolute Gasteiger partial charge is 0.227 e. The number of rotatable bonds is 8. The van der Waals surface area contributed by atoms with Crippen molar-refractivity contribution in [2.24, 2.45) is 5.92 Å². The van der Waals surface area contributed by atoms with E-state index in [4.69, 9.17) is 0 Å². The van der Waals surface area contributed by atoms with Crippen LogP contribution >= 0.6 is 0 Å². The third-order valence-electron chi connectivity index (χ3n) is 7.69. The Morgan fingerprint density at radius 2 is 1.46 bits per heavy atom. The fourth-order valence-electron chi connectivity index (χ4n) is 5.75. The van der Waals surface area contributed by atoms with Gasteiger partial charge in [0.2, 0.25) is 5.91 Å². The molecular weight excluding hydrogens is 494 g/mol. The Kier molecular flexibility index (Phi) is 7.10. The van der Waals surface area contributed by atoms with Crippen molar-refractivity contribution < 1.29 is 18.7 Å². The van der Waals surface area contributed by atoms with Gasteiger partial charge >= 0.3 is 0 Å². The molecule has 0 bridgehead atoms. The highest BCUT2D eigenvalue weighted by Crippen LogP contribution is 2.53. The number of aliphatic hydroxyl groups excluding tert-OH is 1. The summed E-state index contributed by atoms with van der Waals surface area (Å²) in [6.45, 7) is 0. The minimum Gasteiger partial charge on any atom is -0.388 e. The molecule has 0 saturated carbocycles. The van der Waals surface area contributed by atoms with Crippen LogP contribution in [0.4, 0.5) is 14.5 Å². The van der Waals surface area contributed by atoms with E-state index < -0.39 is 17.6 Å². The Labute approximate surface area is 228 Å². The molecule has 4 aromatic rings. The van der Waals surface area contributed by atoms with Gasteiger partial charge in [-0.2, -0.15) is 0 Å². The van der Waals surface area contributed by atoms with Gasteiger partial charge in [0.05, 0.1) is 38.7 Å². The standard InChI is InChI=1S/C33H32F2N2O2/c1-37(2,3)29-11-7-10-27(22-8-5-4-6-9-22)31(29)33(24-14-18-26(35)19-15-24)28(32(39)36-33)20-21-30(38)23-12-16-25(34)17-13-23/h4-19,28,30,38H,20-21H2,1-3H3/p+1/t28-,30-,33+/m0/s1. The molecule has 1 fully saturated rings. The monoisotopic (exact) mass is 527 g/mol. The van der Waals surface area contributed by atoms with Gasteiger partial charge in [0.15, 0.2) is 0 Å². The van der Waals surface area contributed by atoms with Gasteiger partial charge in [-0.25, -0.2) is 8.78 Å². The van der Waals surface area contributed by atoms with E-state index in [1.165, 1.54) is 24.3 Å². The third kappa shape index (κ3) is 4.98. The number of hydrogen-bond acceptors (Lipinski definition) is 2. The summed E-state index contributed by atoms with van der Waals surface area (Å²) in [5, 5.41) is 14.2. The van der Waals surface area contributed by atoms with Gasteiger partial charge < -0.3 is 10.4 Å². The van der Waals surface area contributed by atoms with Crippen molar-refractivity contribution in [1.82, 2.24) is 9.80 Å². The number of carbonyl (C=O) groups excluding carboxylic acids is 1. The average Bonchev–Trinajstić information content (AvgIpc) is 2.92. The lowest BCUT2D eigenvalue weighted by atomic mass is 9.62. The highest BCUT2D eigenvalue weighted by Gasteiger charge is 2.58. The summed E-state index contributed by atoms with van der Waals surface area (Å²) in [6.07, 6.45) is -0.173. The summed E-state index contributed by atoms with van der Waals surface area (Å²) in [5.74, 6) is -1.37. The van der Waals surface area contributed by atoms with Crippen LogP contribution in [0.5, 0.6) is 0 Å². The zero-order valence-corrected chi connectivity index (χ0v) is 22.4. The lowest BCUT2D eigenvalue weighted by molar-refractivity contribution is -0.140. The molecule has 1 aliphatic rings. The maximum atomic E-state index is 14.1. The minimum atomic E-state index is -0.944. The van der Waals surface area contributed by atoms with Crippen molar-refractivity contribution in [3.8, 4) is 11.1 Å². The van der Waals surface area contributed by atoms with E-state index in [9.17, 15) is 18.7 Å². The second-order valence-corrected chi connectivity index (χ2v) is 11.1. The van der Waals surface area contributed by atoms with E-state index in [0.717, 1.165) is 27.9 Å². The van der Waals surface area contributed by atoms with Gasteiger partial charge in [-0.05, 0) is 65.4 Å². The molecule has 4 aromatic carbocycles. The Hall–Kier alpha value is -3.87. The SMILES string of the molecule is C[N+](C)(C)c1cccc(-c2ccccc2)c1[C@]1(c2ccc(F)cc2)NC(=O)[C@@H]1CC[C@H](O)c1ccc(F)cc1. The molecule has 0 radical (unpaired) electrons. The van der Waals surface area contributed by atoms with Crippen molar-refractivity contribution in [3.05, 3.63) is 125 Å². The summed E-state index contributed by atoms with van der Waals surface area (Å²) < 4.78 is 28.0. The van der Waals surface area contributed by atoms with Crippen molar-refractivity contribution in [2.75, 3.05) is 21.1 Å². The molecule has 1 aliphatic heterocycles. The van der Waals surface area contributed by atoms with Gasteiger partial charge in [-0.1, -0.05) is 66.7 Å². The van der Waals surface area contributed by atoms with Gasteiger partial charge in [-0.15, -0.1) is 0 Å². The number of amides is 1. The van der Waals surface area contributed by atoms with Crippen molar-refractivity contribution in [1.29, 1.82) is 0 Å². The Bertz CT molecular complexity index is 1460. The van der Waals surface area contributed by atoms with Crippen LogP contribution < -0.4 is 9.80 Å². The number of quaternary nitrogens is 1. The van der Waals surface area contributed by atoms with Crippen LogP contribution in [0.1, 0.15) is 35.6 Å². The molecule has 2 N–H and O–H groups in total. The van der Waals surface area contributed by atoms with Gasteiger partial charge in [0.1, 0.15) is 22.9 Å². The number of hydrogen-bond donors (Lipinski definition) is 2. The molecule has 0 aromatic heterocycles. The Morgan fingerprint density at radius 1 is 0.846 bits per heavy atom. The molecule has 1 amide bonds. The maximum absolute atomic E-state index is 14.1. The lowest BCUT2D eigenvalue weighted by Crippen LogP contribution is -2.67. The highest BCUT2D eigenvalue weighted by molar-refractivity contribution is 5.93. The first-order chi connectivity index (χ1) is 18.6. The molecule has 5 rings (SSSR count). The van der Waals surface area contributed by atoms with Gasteiger partial charge in [0, 0.05) is 0 Å². The van der Waals surface area contributed by atoms with Crippen LogP contribution in [0.3, 0.4) is 0 Å². The average molecular weight is 528 g/mol. The van der Waals surface area contributed by atoms with E-state index >= 15 is 0 Å². The first-order valence-corrected chi connectivity index (χ1v) is 13.1. The van der Waals surface area contributed by atoms with E-state index in [1.807, 2.05) is 36.4 Å². The summed E-state index contributed by atoms with van der Waals surface area (Å²) in [5.41, 5.74) is 4.40. The number of aliphatic hydroxyl groups is 1. The van der Waals surface area contributed by atoms with Crippen molar-refractivity contribution >= 4 is 11.6 Å². The van der Waals surface area contributed by atoms with Crippen LogP contribution in [0, 0.1) is 17.6 Å². The maximum Gasteiger partial charge on any atom is 0.227 e. The molecule has 1 heterocycles. The predicted octanol–water partition coefficient (Wildman–Crippen LogP) is 6.33. The Morgan fingerprint density at radius 3 is 2.05 bits per heavy atom. The largest absolute Gasteiger partial charge is 0.388 e. The zero-order valence-electron chi connectivity index (χ0n) is 22.4. The lowest BCUT2D eigenvalue weighted by Gasteiger charge is -2.52. The number of β-lactam (4-membered cyclic amide) rings is 1. The molecule has 200 valence electrons. The van der Waals surface area contributed by atoms with Crippen LogP contribution in [-0.4, -0.2) is 32.2 Å². The Balaban J connectivity index is 1.67. The molecule has 0 unspecified atom stereocenters. The van der Waals surface area contributed by atoms with Gasteiger partial charge in [0.25, 0.3) is 0 Å². The summed E-state index contributed by atoms with van der Waals surface area (Å²) >= 11 is 0. The normalized spacial score (nSPS) is 19.7. The second-order valence-electron chi connectivity index (χ2n) is 11.1. The molecule has 6 heteroatoms. The number of carbonyl (C=O) groups is 1. The summed E-state index contributed by atoms with van der Waals surface area (Å²) in [6, 6.07) is 28.3. The molecule has 0 aliphatic carbocycles. The van der Waals surface area contributed by atoms with Crippen molar-refractivity contribution in [2.45, 2.75) is 24.5 Å². The van der Waals surface area contributed by atoms with Gasteiger partial charge in [-0.3, -0.25) is 9.28 Å². The fraction of sp³-hybridized carbons (Fsp3) is 0.242. The second kappa shape index (κ2) is 10.4. The first kappa shape index (κ1) is 26.7. The summed E-state index contributed by atoms with van der Waals surface area (Å²) in [7, 11) is 6.25. The van der Waals surface area contributed by atoms with E-state index in [0.29, 0.717) is 22.9 Å². The molecule has 4 nitrogen and oxygen atoms in total. The molecule has 1 saturated heterocycles. The van der Waals surface area contributed by atoms with Crippen molar-refractivity contribution in [3.63, 3.8) is 0 Å². The zero-order chi connectivity index (χ0) is 27.8. The van der Waals surface area contributed by atoms with Crippen LogP contribution in [0.25, 0.3) is 11.1 Å². The summed E-state index contributed by atoms with van der Waals surface area (Å²) in [4.78, 5) is 13.3. The number of nitrogens with zero attached hydrogens (tertiary/aromatic N) is 1. The predicted molar refractivity (Wildman–Crippen MR) is 151 cm³/mol. The topological polar surface area (TPSA) is 49.3 Å². The number of halogens is 2. The third-order valence-corrected chi connectivity index (χ3v) is 7.69. The molecule has 0 spiro atoms. The first-order valence-electron chi connectivity index (χ1n) is 13.1. The number of benzene rings is 4. The quantitative estimate of drug-likeness (QED) is 0.208. The molecular formula is C33H33F2N2O2+. The minimum absolute atomic E-state index is 0.124. The fourth-order valence-corrected chi connectivity index (χ4v) is 5.75. The van der Waals surface area contributed by atoms with E-state index in [1.54, 1.807) is 24.3 Å².